The van der Waals surface area contributed by atoms with Crippen molar-refractivity contribution in [3.05, 3.63) is 0 Å². The average molecular weight is 369 g/mol. The molecule has 23 heavy (non-hydrogen) atoms. The molecule has 0 N–H and O–H groups in total. The fourth-order valence-corrected chi connectivity index (χ4v) is 5.53. The third-order valence-corrected chi connectivity index (χ3v) is 6.76. The molecule has 0 aromatic rings. The van der Waals surface area contributed by atoms with Crippen LogP contribution in [-0.4, -0.2) is 60.5 Å². The van der Waals surface area contributed by atoms with Crippen molar-refractivity contribution in [1.29, 1.82) is 0 Å². The second-order valence-electron chi connectivity index (χ2n) is 6.25. The Balaban J connectivity index is 1.19. The molecule has 0 atom stereocenters. The summed E-state index contributed by atoms with van der Waals surface area (Å²) >= 11 is 0. The van der Waals surface area contributed by atoms with Crippen molar-refractivity contribution in [3.63, 3.8) is 0 Å². The summed E-state index contributed by atoms with van der Waals surface area (Å²) in [7, 11) is -5.40. The summed E-state index contributed by atoms with van der Waals surface area (Å²) in [4.78, 5) is 0. The normalized spacial score (nSPS) is 48.5. The first-order valence-corrected chi connectivity index (χ1v) is 9.99. The maximum absolute atomic E-state index is 11.6. The standard InChI is InChI=1S/C10H16BO10P2/c12-22-16-3-9(4-17-22,5-18-22)1-14-11-15-2-10-6-19-23(13,20-7-10)21-8-10/h1-8H2. The van der Waals surface area contributed by atoms with Crippen LogP contribution < -0.4 is 0 Å². The van der Waals surface area contributed by atoms with E-state index in [0.717, 1.165) is 0 Å². The molecule has 13 heteroatoms. The molecule has 1 radical (unpaired) electrons. The number of fused-ring (bicyclic) bond motifs is 6. The van der Waals surface area contributed by atoms with Crippen molar-refractivity contribution in [2.24, 2.45) is 10.8 Å². The van der Waals surface area contributed by atoms with Crippen LogP contribution >= 0.6 is 15.6 Å². The van der Waals surface area contributed by atoms with Crippen molar-refractivity contribution in [3.8, 4) is 0 Å². The van der Waals surface area contributed by atoms with Gasteiger partial charge in [0.1, 0.15) is 0 Å². The first-order valence-electron chi connectivity index (χ1n) is 7.07. The van der Waals surface area contributed by atoms with Gasteiger partial charge in [-0.05, 0) is 0 Å². The lowest BCUT2D eigenvalue weighted by molar-refractivity contribution is -0.119. The minimum atomic E-state index is -3.31. The molecule has 0 amide bonds. The second-order valence-corrected chi connectivity index (χ2v) is 9.59. The molecule has 0 saturated carbocycles. The average Bonchev–Trinajstić information content (AvgIpc) is 2.58. The molecule has 6 heterocycles. The molecule has 6 saturated heterocycles. The third kappa shape index (κ3) is 3.33. The number of hydrogen-bond acceptors (Lipinski definition) is 10. The number of hydrogen-bond donors (Lipinski definition) is 0. The molecule has 6 fully saturated rings. The molecule has 129 valence electrons. The maximum atomic E-state index is 11.6. The smallest absolute Gasteiger partial charge is 0.412 e. The van der Waals surface area contributed by atoms with Gasteiger partial charge in [-0.25, -0.2) is 9.13 Å². The summed E-state index contributed by atoms with van der Waals surface area (Å²) in [6, 6.07) is 0. The van der Waals surface area contributed by atoms with Gasteiger partial charge >= 0.3 is 23.3 Å². The van der Waals surface area contributed by atoms with Crippen LogP contribution in [-0.2, 0) is 45.6 Å². The zero-order chi connectivity index (χ0) is 16.0. The van der Waals surface area contributed by atoms with Crippen molar-refractivity contribution >= 4 is 23.3 Å². The SMILES string of the molecule is O=P12OCC(CO[B]OCC34COP(=O)(OC3)OC4)(CO1)CO2. The molecule has 0 unspecified atom stereocenters. The third-order valence-electron chi connectivity index (χ3n) is 4.09. The largest absolute Gasteiger partial charge is 0.488 e. The van der Waals surface area contributed by atoms with E-state index in [4.69, 9.17) is 36.5 Å². The Hall–Kier alpha value is 0.205. The van der Waals surface area contributed by atoms with Gasteiger partial charge in [0.2, 0.25) is 0 Å². The summed E-state index contributed by atoms with van der Waals surface area (Å²) in [6.07, 6.45) is 0. The zero-order valence-electron chi connectivity index (χ0n) is 12.2. The molecular formula is C10H16BO10P2. The van der Waals surface area contributed by atoms with Crippen LogP contribution in [0.4, 0.5) is 0 Å². The molecule has 0 spiro atoms. The molecule has 4 bridgehead atoms. The first kappa shape index (κ1) is 16.7. The van der Waals surface area contributed by atoms with Crippen LogP contribution in [0.2, 0.25) is 0 Å². The van der Waals surface area contributed by atoms with Gasteiger partial charge in [-0.1, -0.05) is 0 Å². The van der Waals surface area contributed by atoms with Gasteiger partial charge in [-0.2, -0.15) is 0 Å². The van der Waals surface area contributed by atoms with E-state index in [2.05, 4.69) is 0 Å². The van der Waals surface area contributed by atoms with Gasteiger partial charge < -0.3 is 9.31 Å². The Labute approximate surface area is 133 Å². The number of phosphoric ester groups is 2. The molecule has 0 aromatic heterocycles. The minimum absolute atomic E-state index is 0.249. The molecule has 6 aliphatic heterocycles. The lowest BCUT2D eigenvalue weighted by atomic mass is 9.91. The summed E-state index contributed by atoms with van der Waals surface area (Å²) in [5.41, 5.74) is -0.968. The van der Waals surface area contributed by atoms with Crippen LogP contribution in [0, 0.1) is 10.8 Å². The fraction of sp³-hybridized carbons (Fsp3) is 1.00. The predicted molar refractivity (Wildman–Crippen MR) is 73.4 cm³/mol. The Kier molecular flexibility index (Phi) is 4.26. The highest BCUT2D eigenvalue weighted by atomic mass is 31.2. The Morgan fingerprint density at radius 1 is 0.696 bits per heavy atom. The Bertz CT molecular complexity index is 459. The summed E-state index contributed by atoms with van der Waals surface area (Å²) in [6.45, 7) is 2.04. The van der Waals surface area contributed by atoms with Gasteiger partial charge in [0.05, 0.1) is 50.5 Å². The van der Waals surface area contributed by atoms with E-state index >= 15 is 0 Å². The van der Waals surface area contributed by atoms with Gasteiger partial charge in [-0.3, -0.25) is 27.1 Å². The predicted octanol–water partition coefficient (Wildman–Crippen LogP) is 0.897. The van der Waals surface area contributed by atoms with E-state index < -0.39 is 26.5 Å². The summed E-state index contributed by atoms with van der Waals surface area (Å²) in [5, 5.41) is 0. The van der Waals surface area contributed by atoms with Gasteiger partial charge in [-0.15, -0.1) is 0 Å². The Morgan fingerprint density at radius 2 is 1.00 bits per heavy atom. The number of phosphoric acid groups is 2. The van der Waals surface area contributed by atoms with E-state index in [1.807, 2.05) is 0 Å². The van der Waals surface area contributed by atoms with Gasteiger partial charge in [0.15, 0.2) is 0 Å². The van der Waals surface area contributed by atoms with Crippen molar-refractivity contribution in [2.75, 3.05) is 52.9 Å². The maximum Gasteiger partial charge on any atom is 0.488 e. The molecular weight excluding hydrogens is 353 g/mol. The highest BCUT2D eigenvalue weighted by molar-refractivity contribution is 7.48. The van der Waals surface area contributed by atoms with E-state index in [9.17, 15) is 9.13 Å². The molecule has 10 nitrogen and oxygen atoms in total. The zero-order valence-corrected chi connectivity index (χ0v) is 14.0. The second kappa shape index (κ2) is 5.88. The van der Waals surface area contributed by atoms with Crippen molar-refractivity contribution in [1.82, 2.24) is 0 Å². The van der Waals surface area contributed by atoms with Crippen molar-refractivity contribution < 1.29 is 45.6 Å². The van der Waals surface area contributed by atoms with Crippen LogP contribution in [0.25, 0.3) is 0 Å². The minimum Gasteiger partial charge on any atom is -0.412 e. The first-order chi connectivity index (χ1) is 10.9. The molecule has 0 aliphatic carbocycles. The van der Waals surface area contributed by atoms with Crippen molar-refractivity contribution in [2.45, 2.75) is 0 Å². The lowest BCUT2D eigenvalue weighted by Crippen LogP contribution is -2.49. The van der Waals surface area contributed by atoms with Crippen LogP contribution in [0.3, 0.4) is 0 Å². The topological polar surface area (TPSA) is 108 Å². The molecule has 6 rings (SSSR count). The molecule has 6 aliphatic rings. The Morgan fingerprint density at radius 3 is 1.30 bits per heavy atom. The fourth-order valence-electron chi connectivity index (χ4n) is 2.49. The molecule has 0 aromatic carbocycles. The van der Waals surface area contributed by atoms with Crippen LogP contribution in [0.5, 0.6) is 0 Å². The monoisotopic (exact) mass is 369 g/mol. The van der Waals surface area contributed by atoms with Gasteiger partial charge in [0.25, 0.3) is 0 Å². The lowest BCUT2D eigenvalue weighted by Gasteiger charge is -2.44. The summed E-state index contributed by atoms with van der Waals surface area (Å²) in [5.74, 6) is 0. The highest BCUT2D eigenvalue weighted by Crippen LogP contribution is 2.60. The summed E-state index contributed by atoms with van der Waals surface area (Å²) < 4.78 is 64.4. The van der Waals surface area contributed by atoms with Gasteiger partial charge in [0, 0.05) is 13.2 Å². The number of rotatable bonds is 6. The highest BCUT2D eigenvalue weighted by Gasteiger charge is 2.52. The van der Waals surface area contributed by atoms with E-state index in [1.54, 1.807) is 0 Å². The van der Waals surface area contributed by atoms with Crippen LogP contribution in [0.15, 0.2) is 0 Å². The van der Waals surface area contributed by atoms with E-state index in [0.29, 0.717) is 0 Å². The van der Waals surface area contributed by atoms with Crippen LogP contribution in [0.1, 0.15) is 0 Å². The van der Waals surface area contributed by atoms with E-state index in [1.165, 1.54) is 7.69 Å². The quantitative estimate of drug-likeness (QED) is 0.381. The van der Waals surface area contributed by atoms with E-state index in [-0.39, 0.29) is 52.9 Å².